The van der Waals surface area contributed by atoms with Gasteiger partial charge >= 0.3 is 12.1 Å². The molecule has 0 N–H and O–H groups in total. The Bertz CT molecular complexity index is 386. The Morgan fingerprint density at radius 1 is 1.35 bits per heavy atom. The van der Waals surface area contributed by atoms with E-state index in [0.717, 1.165) is 24.8 Å². The maximum Gasteiger partial charge on any atom is 0.491 e. The largest absolute Gasteiger partial charge is 0.491 e. The van der Waals surface area contributed by atoms with Gasteiger partial charge < -0.3 is 4.74 Å². The van der Waals surface area contributed by atoms with Crippen molar-refractivity contribution in [1.82, 2.24) is 0 Å². The molecular weight excluding hydrogens is 233 g/mol. The SMILES string of the molecule is CCCCc1cccc(OC(=O)C(F)(F)F)c1. The van der Waals surface area contributed by atoms with Crippen LogP contribution in [0.25, 0.3) is 0 Å². The van der Waals surface area contributed by atoms with E-state index in [1.54, 1.807) is 12.1 Å². The Labute approximate surface area is 97.4 Å². The topological polar surface area (TPSA) is 26.3 Å². The molecule has 94 valence electrons. The van der Waals surface area contributed by atoms with Crippen LogP contribution in [0.1, 0.15) is 25.3 Å². The molecule has 1 aromatic rings. The number of esters is 1. The molecule has 0 radical (unpaired) electrons. The molecule has 0 aromatic heterocycles. The van der Waals surface area contributed by atoms with Gasteiger partial charge in [-0.05, 0) is 30.5 Å². The maximum atomic E-state index is 12.0. The van der Waals surface area contributed by atoms with Gasteiger partial charge in [-0.25, -0.2) is 4.79 Å². The summed E-state index contributed by atoms with van der Waals surface area (Å²) in [5.41, 5.74) is 0.860. The van der Waals surface area contributed by atoms with E-state index < -0.39 is 12.1 Å². The lowest BCUT2D eigenvalue weighted by molar-refractivity contribution is -0.189. The maximum absolute atomic E-state index is 12.0. The minimum absolute atomic E-state index is 0.0686. The third-order valence-electron chi connectivity index (χ3n) is 2.16. The first-order valence-electron chi connectivity index (χ1n) is 5.31. The molecule has 0 unspecified atom stereocenters. The summed E-state index contributed by atoms with van der Waals surface area (Å²) in [6.07, 6.45) is -2.27. The summed E-state index contributed by atoms with van der Waals surface area (Å²) in [7, 11) is 0. The van der Waals surface area contributed by atoms with Gasteiger partial charge in [0.05, 0.1) is 0 Å². The van der Waals surface area contributed by atoms with Crippen molar-refractivity contribution < 1.29 is 22.7 Å². The Kier molecular flexibility index (Phi) is 4.54. The predicted molar refractivity (Wildman–Crippen MR) is 56.7 cm³/mol. The number of rotatable bonds is 4. The zero-order valence-corrected chi connectivity index (χ0v) is 9.38. The monoisotopic (exact) mass is 246 g/mol. The highest BCUT2D eigenvalue weighted by atomic mass is 19.4. The Hall–Kier alpha value is -1.52. The minimum atomic E-state index is -4.96. The number of hydrogen-bond acceptors (Lipinski definition) is 2. The molecule has 0 spiro atoms. The number of unbranched alkanes of at least 4 members (excludes halogenated alkanes) is 1. The highest BCUT2D eigenvalue weighted by molar-refractivity contribution is 5.78. The molecule has 1 aromatic carbocycles. The zero-order chi connectivity index (χ0) is 12.9. The van der Waals surface area contributed by atoms with Crippen molar-refractivity contribution in [3.05, 3.63) is 29.8 Å². The number of carbonyl (C=O) groups is 1. The van der Waals surface area contributed by atoms with Crippen LogP contribution in [0.5, 0.6) is 5.75 Å². The fraction of sp³-hybridized carbons (Fsp3) is 0.417. The van der Waals surface area contributed by atoms with Crippen LogP contribution in [0.15, 0.2) is 24.3 Å². The van der Waals surface area contributed by atoms with Crippen molar-refractivity contribution in [2.24, 2.45) is 0 Å². The van der Waals surface area contributed by atoms with Crippen molar-refractivity contribution in [2.75, 3.05) is 0 Å². The molecule has 5 heteroatoms. The Morgan fingerprint density at radius 3 is 2.65 bits per heavy atom. The van der Waals surface area contributed by atoms with Gasteiger partial charge in [-0.1, -0.05) is 25.5 Å². The van der Waals surface area contributed by atoms with Gasteiger partial charge in [-0.2, -0.15) is 13.2 Å². The number of carbonyl (C=O) groups excluding carboxylic acids is 1. The summed E-state index contributed by atoms with van der Waals surface area (Å²) in [5, 5.41) is 0. The first kappa shape index (κ1) is 13.5. The molecule has 0 aliphatic rings. The van der Waals surface area contributed by atoms with E-state index in [9.17, 15) is 18.0 Å². The standard InChI is InChI=1S/C12H13F3O2/c1-2-3-5-9-6-4-7-10(8-9)17-11(16)12(13,14)15/h4,6-8H,2-3,5H2,1H3. The number of alkyl halides is 3. The van der Waals surface area contributed by atoms with E-state index in [-0.39, 0.29) is 5.75 Å². The van der Waals surface area contributed by atoms with Crippen molar-refractivity contribution in [1.29, 1.82) is 0 Å². The van der Waals surface area contributed by atoms with Crippen LogP contribution in [0.4, 0.5) is 13.2 Å². The van der Waals surface area contributed by atoms with Crippen LogP contribution in [0.2, 0.25) is 0 Å². The lowest BCUT2D eigenvalue weighted by Gasteiger charge is -2.08. The van der Waals surface area contributed by atoms with Crippen LogP contribution in [0.3, 0.4) is 0 Å². The highest BCUT2D eigenvalue weighted by Gasteiger charge is 2.41. The first-order chi connectivity index (χ1) is 7.93. The number of ether oxygens (including phenoxy) is 1. The zero-order valence-electron chi connectivity index (χ0n) is 9.38. The van der Waals surface area contributed by atoms with Gasteiger partial charge in [0.2, 0.25) is 0 Å². The Balaban J connectivity index is 2.69. The molecule has 0 saturated heterocycles. The molecule has 0 aliphatic carbocycles. The molecule has 0 bridgehead atoms. The molecule has 1 rings (SSSR count). The molecular formula is C12H13F3O2. The minimum Gasteiger partial charge on any atom is -0.420 e. The second-order valence-electron chi connectivity index (χ2n) is 3.64. The lowest BCUT2D eigenvalue weighted by Crippen LogP contribution is -2.27. The summed E-state index contributed by atoms with van der Waals surface area (Å²) in [6.45, 7) is 2.02. The van der Waals surface area contributed by atoms with Crippen LogP contribution >= 0.6 is 0 Å². The summed E-state index contributed by atoms with van der Waals surface area (Å²) in [6, 6.07) is 6.16. The lowest BCUT2D eigenvalue weighted by atomic mass is 10.1. The average Bonchev–Trinajstić information content (AvgIpc) is 2.25. The molecule has 0 aliphatic heterocycles. The third-order valence-corrected chi connectivity index (χ3v) is 2.16. The van der Waals surface area contributed by atoms with Gasteiger partial charge in [0.25, 0.3) is 0 Å². The molecule has 0 heterocycles. The van der Waals surface area contributed by atoms with E-state index in [2.05, 4.69) is 4.74 Å². The van der Waals surface area contributed by atoms with Gasteiger partial charge in [0.1, 0.15) is 5.75 Å². The van der Waals surface area contributed by atoms with E-state index in [1.807, 2.05) is 6.92 Å². The smallest absolute Gasteiger partial charge is 0.420 e. The normalized spacial score (nSPS) is 11.3. The van der Waals surface area contributed by atoms with Crippen LogP contribution in [0, 0.1) is 0 Å². The van der Waals surface area contributed by atoms with Gasteiger partial charge in [0, 0.05) is 0 Å². The fourth-order valence-electron chi connectivity index (χ4n) is 1.31. The van der Waals surface area contributed by atoms with Crippen LogP contribution in [-0.4, -0.2) is 12.1 Å². The van der Waals surface area contributed by atoms with E-state index in [0.29, 0.717) is 0 Å². The van der Waals surface area contributed by atoms with Gasteiger partial charge in [0.15, 0.2) is 0 Å². The molecule has 0 fully saturated rings. The van der Waals surface area contributed by atoms with Crippen LogP contribution in [-0.2, 0) is 11.2 Å². The van der Waals surface area contributed by atoms with Crippen molar-refractivity contribution in [3.63, 3.8) is 0 Å². The second-order valence-corrected chi connectivity index (χ2v) is 3.64. The summed E-state index contributed by atoms with van der Waals surface area (Å²) in [5.74, 6) is -2.26. The molecule has 0 atom stereocenters. The van der Waals surface area contributed by atoms with E-state index in [1.165, 1.54) is 12.1 Å². The van der Waals surface area contributed by atoms with Crippen molar-refractivity contribution in [3.8, 4) is 5.75 Å². The summed E-state index contributed by atoms with van der Waals surface area (Å²) < 4.78 is 40.1. The number of halogens is 3. The van der Waals surface area contributed by atoms with Crippen molar-refractivity contribution in [2.45, 2.75) is 32.4 Å². The van der Waals surface area contributed by atoms with E-state index in [4.69, 9.17) is 0 Å². The predicted octanol–water partition coefficient (Wildman–Crippen LogP) is 3.50. The first-order valence-corrected chi connectivity index (χ1v) is 5.31. The second kappa shape index (κ2) is 5.70. The molecule has 2 nitrogen and oxygen atoms in total. The summed E-state index contributed by atoms with van der Waals surface area (Å²) >= 11 is 0. The fourth-order valence-corrected chi connectivity index (χ4v) is 1.31. The van der Waals surface area contributed by atoms with Gasteiger partial charge in [-0.15, -0.1) is 0 Å². The third kappa shape index (κ3) is 4.46. The molecule has 17 heavy (non-hydrogen) atoms. The molecule has 0 amide bonds. The number of aryl methyl sites for hydroxylation is 1. The summed E-state index contributed by atoms with van der Waals surface area (Å²) in [4.78, 5) is 10.6. The highest BCUT2D eigenvalue weighted by Crippen LogP contribution is 2.21. The Morgan fingerprint density at radius 2 is 2.06 bits per heavy atom. The van der Waals surface area contributed by atoms with Crippen LogP contribution < -0.4 is 4.74 Å². The number of hydrogen-bond donors (Lipinski definition) is 0. The molecule has 0 saturated carbocycles. The van der Waals surface area contributed by atoms with Gasteiger partial charge in [-0.3, -0.25) is 0 Å². The number of benzene rings is 1. The van der Waals surface area contributed by atoms with E-state index >= 15 is 0 Å². The quantitative estimate of drug-likeness (QED) is 0.600. The van der Waals surface area contributed by atoms with Crippen molar-refractivity contribution >= 4 is 5.97 Å². The average molecular weight is 246 g/mol.